The number of rotatable bonds is 4. The molecule has 0 saturated heterocycles. The zero-order chi connectivity index (χ0) is 16.1. The van der Waals surface area contributed by atoms with Crippen molar-refractivity contribution in [3.63, 3.8) is 0 Å². The summed E-state index contributed by atoms with van der Waals surface area (Å²) in [6.45, 7) is 4.00. The van der Waals surface area contributed by atoms with Crippen LogP contribution in [0.4, 0.5) is 11.4 Å². The maximum atomic E-state index is 10.6. The van der Waals surface area contributed by atoms with Crippen molar-refractivity contribution in [2.45, 2.75) is 19.6 Å². The average Bonchev–Trinajstić information content (AvgIpc) is 2.49. The van der Waals surface area contributed by atoms with E-state index in [2.05, 4.69) is 4.99 Å². The molecule has 0 aromatic heterocycles. The maximum absolute atomic E-state index is 10.6. The molecule has 114 valence electrons. The molecule has 5 nitrogen and oxygen atoms in total. The normalized spacial score (nSPS) is 11.5. The molecule has 0 saturated carbocycles. The summed E-state index contributed by atoms with van der Waals surface area (Å²) in [7, 11) is 0. The highest BCUT2D eigenvalue weighted by Crippen LogP contribution is 2.25. The molecule has 0 aliphatic heterocycles. The summed E-state index contributed by atoms with van der Waals surface area (Å²) < 4.78 is 0. The van der Waals surface area contributed by atoms with E-state index in [1.165, 1.54) is 23.9 Å². The first-order valence-corrected chi connectivity index (χ1v) is 7.72. The number of thioether (sulfide) groups is 1. The molecule has 0 unspecified atom stereocenters. The lowest BCUT2D eigenvalue weighted by molar-refractivity contribution is -0.384. The van der Waals surface area contributed by atoms with Crippen molar-refractivity contribution in [1.82, 2.24) is 0 Å². The lowest BCUT2D eigenvalue weighted by Crippen LogP contribution is -2.06. The Morgan fingerprint density at radius 1 is 1.18 bits per heavy atom. The van der Waals surface area contributed by atoms with Gasteiger partial charge < -0.3 is 5.73 Å². The average molecular weight is 315 g/mol. The van der Waals surface area contributed by atoms with E-state index < -0.39 is 4.92 Å². The Hall–Kier alpha value is -2.34. The van der Waals surface area contributed by atoms with Gasteiger partial charge >= 0.3 is 0 Å². The molecular weight excluding hydrogens is 298 g/mol. The van der Waals surface area contributed by atoms with Crippen molar-refractivity contribution in [3.05, 3.63) is 69.3 Å². The van der Waals surface area contributed by atoms with E-state index in [1.54, 1.807) is 12.1 Å². The van der Waals surface area contributed by atoms with Gasteiger partial charge in [-0.05, 0) is 30.5 Å². The van der Waals surface area contributed by atoms with Crippen LogP contribution in [-0.2, 0) is 5.75 Å². The molecule has 2 aromatic carbocycles. The Kier molecular flexibility index (Phi) is 5.16. The number of aliphatic imine (C=N–C) groups is 1. The second-order valence-electron chi connectivity index (χ2n) is 4.90. The molecule has 0 amide bonds. The van der Waals surface area contributed by atoms with Gasteiger partial charge in [-0.1, -0.05) is 42.1 Å². The van der Waals surface area contributed by atoms with Crippen molar-refractivity contribution in [2.75, 3.05) is 0 Å². The fourth-order valence-electron chi connectivity index (χ4n) is 2.00. The molecule has 0 radical (unpaired) electrons. The number of nitrogens with zero attached hydrogens (tertiary/aromatic N) is 2. The topological polar surface area (TPSA) is 81.5 Å². The third-order valence-corrected chi connectivity index (χ3v) is 4.06. The number of benzene rings is 2. The van der Waals surface area contributed by atoms with E-state index in [0.717, 1.165) is 22.4 Å². The van der Waals surface area contributed by atoms with Gasteiger partial charge in [0.05, 0.1) is 10.6 Å². The summed E-state index contributed by atoms with van der Waals surface area (Å²) in [5, 5.41) is 11.1. The van der Waals surface area contributed by atoms with Crippen molar-refractivity contribution in [1.29, 1.82) is 0 Å². The van der Waals surface area contributed by atoms with Crippen LogP contribution in [0.3, 0.4) is 0 Å². The van der Waals surface area contributed by atoms with E-state index >= 15 is 0 Å². The first-order chi connectivity index (χ1) is 10.5. The maximum Gasteiger partial charge on any atom is 0.269 e. The molecule has 0 heterocycles. The van der Waals surface area contributed by atoms with Gasteiger partial charge in [0, 0.05) is 17.9 Å². The summed E-state index contributed by atoms with van der Waals surface area (Å²) in [5.74, 6) is 0.623. The summed E-state index contributed by atoms with van der Waals surface area (Å²) >= 11 is 1.41. The van der Waals surface area contributed by atoms with Gasteiger partial charge in [-0.2, -0.15) is 0 Å². The van der Waals surface area contributed by atoms with Gasteiger partial charge in [0.2, 0.25) is 0 Å². The number of para-hydroxylation sites is 1. The van der Waals surface area contributed by atoms with Gasteiger partial charge in [0.25, 0.3) is 5.69 Å². The Morgan fingerprint density at radius 3 is 2.32 bits per heavy atom. The molecule has 2 rings (SSSR count). The van der Waals surface area contributed by atoms with E-state index in [1.807, 2.05) is 32.0 Å². The molecule has 2 aromatic rings. The zero-order valence-corrected chi connectivity index (χ0v) is 13.3. The molecular formula is C16H17N3O2S. The second-order valence-corrected chi connectivity index (χ2v) is 5.90. The van der Waals surface area contributed by atoms with Crippen LogP contribution in [0.15, 0.2) is 47.5 Å². The highest BCUT2D eigenvalue weighted by atomic mass is 32.2. The summed E-state index contributed by atoms with van der Waals surface area (Å²) in [4.78, 5) is 14.7. The van der Waals surface area contributed by atoms with Gasteiger partial charge in [-0.3, -0.25) is 10.1 Å². The van der Waals surface area contributed by atoms with Crippen LogP contribution in [0.2, 0.25) is 0 Å². The molecule has 0 aliphatic carbocycles. The van der Waals surface area contributed by atoms with Gasteiger partial charge in [-0.25, -0.2) is 4.99 Å². The SMILES string of the molecule is Cc1cccc(C)c1N=C(N)SCc1ccc([N+](=O)[O-])cc1. The van der Waals surface area contributed by atoms with Crippen LogP contribution in [0, 0.1) is 24.0 Å². The van der Waals surface area contributed by atoms with Crippen LogP contribution in [-0.4, -0.2) is 10.1 Å². The van der Waals surface area contributed by atoms with Crippen LogP contribution in [0.25, 0.3) is 0 Å². The van der Waals surface area contributed by atoms with E-state index in [9.17, 15) is 10.1 Å². The van der Waals surface area contributed by atoms with Crippen molar-refractivity contribution in [3.8, 4) is 0 Å². The molecule has 22 heavy (non-hydrogen) atoms. The predicted molar refractivity (Wildman–Crippen MR) is 91.6 cm³/mol. The number of amidine groups is 1. The highest BCUT2D eigenvalue weighted by Gasteiger charge is 2.05. The predicted octanol–water partition coefficient (Wildman–Crippen LogP) is 4.09. The number of aryl methyl sites for hydroxylation is 2. The standard InChI is InChI=1S/C16H17N3O2S/c1-11-4-3-5-12(2)15(11)18-16(17)22-10-13-6-8-14(9-7-13)19(20)21/h3-9H,10H2,1-2H3,(H2,17,18). The van der Waals surface area contributed by atoms with E-state index in [-0.39, 0.29) is 5.69 Å². The fourth-order valence-corrected chi connectivity index (χ4v) is 2.66. The number of nitro benzene ring substituents is 1. The minimum absolute atomic E-state index is 0.0888. The Labute approximate surface area is 133 Å². The number of hydrogen-bond acceptors (Lipinski definition) is 4. The van der Waals surface area contributed by atoms with Crippen molar-refractivity contribution >= 4 is 28.3 Å². The monoisotopic (exact) mass is 315 g/mol. The minimum Gasteiger partial charge on any atom is -0.378 e. The number of nitrogens with two attached hydrogens (primary N) is 1. The van der Waals surface area contributed by atoms with Crippen LogP contribution < -0.4 is 5.73 Å². The molecule has 2 N–H and O–H groups in total. The molecule has 6 heteroatoms. The zero-order valence-electron chi connectivity index (χ0n) is 12.4. The first-order valence-electron chi connectivity index (χ1n) is 6.74. The third-order valence-electron chi connectivity index (χ3n) is 3.20. The van der Waals surface area contributed by atoms with E-state index in [4.69, 9.17) is 5.73 Å². The molecule has 0 spiro atoms. The van der Waals surface area contributed by atoms with Gasteiger partial charge in [-0.15, -0.1) is 0 Å². The van der Waals surface area contributed by atoms with E-state index in [0.29, 0.717) is 10.9 Å². The van der Waals surface area contributed by atoms with Gasteiger partial charge in [0.15, 0.2) is 5.17 Å². The smallest absolute Gasteiger partial charge is 0.269 e. The Morgan fingerprint density at radius 2 is 1.77 bits per heavy atom. The summed E-state index contributed by atoms with van der Waals surface area (Å²) in [6, 6.07) is 12.4. The Balaban J connectivity index is 2.04. The van der Waals surface area contributed by atoms with Crippen LogP contribution in [0.5, 0.6) is 0 Å². The second kappa shape index (κ2) is 7.09. The van der Waals surface area contributed by atoms with Crippen molar-refractivity contribution in [2.24, 2.45) is 10.7 Å². The number of non-ortho nitro benzene ring substituents is 1. The molecule has 0 atom stereocenters. The highest BCUT2D eigenvalue weighted by molar-refractivity contribution is 8.13. The number of hydrogen-bond donors (Lipinski definition) is 1. The molecule has 0 aliphatic rings. The number of nitro groups is 1. The van der Waals surface area contributed by atoms with Crippen LogP contribution >= 0.6 is 11.8 Å². The summed E-state index contributed by atoms with van der Waals surface area (Å²) in [5.41, 5.74) is 10.1. The van der Waals surface area contributed by atoms with Gasteiger partial charge in [0.1, 0.15) is 0 Å². The largest absolute Gasteiger partial charge is 0.378 e. The molecule has 0 fully saturated rings. The lowest BCUT2D eigenvalue weighted by atomic mass is 10.1. The first kappa shape index (κ1) is 16.0. The Bertz CT molecular complexity index is 692. The summed E-state index contributed by atoms with van der Waals surface area (Å²) in [6.07, 6.45) is 0. The minimum atomic E-state index is -0.409. The fraction of sp³-hybridized carbons (Fsp3) is 0.188. The molecule has 0 bridgehead atoms. The third kappa shape index (κ3) is 4.08. The lowest BCUT2D eigenvalue weighted by Gasteiger charge is -2.06. The quantitative estimate of drug-likeness (QED) is 0.399. The van der Waals surface area contributed by atoms with Crippen molar-refractivity contribution < 1.29 is 4.92 Å². The van der Waals surface area contributed by atoms with Crippen LogP contribution in [0.1, 0.15) is 16.7 Å².